The predicted molar refractivity (Wildman–Crippen MR) is 79.7 cm³/mol. The average Bonchev–Trinajstić information content (AvgIpc) is 2.47. The third kappa shape index (κ3) is 3.16. The lowest BCUT2D eigenvalue weighted by Crippen LogP contribution is -1.93. The molecule has 0 atom stereocenters. The van der Waals surface area contributed by atoms with Crippen molar-refractivity contribution in [3.63, 3.8) is 0 Å². The van der Waals surface area contributed by atoms with Crippen molar-refractivity contribution in [2.24, 2.45) is 0 Å². The molecule has 2 heteroatoms. The Balaban J connectivity index is 2.33. The van der Waals surface area contributed by atoms with E-state index in [4.69, 9.17) is 9.47 Å². The van der Waals surface area contributed by atoms with Gasteiger partial charge in [-0.3, -0.25) is 0 Å². The van der Waals surface area contributed by atoms with Crippen LogP contribution in [0.25, 0.3) is 12.2 Å². The van der Waals surface area contributed by atoms with Crippen LogP contribution in [-0.4, -0.2) is 14.2 Å². The van der Waals surface area contributed by atoms with E-state index in [1.807, 2.05) is 37.3 Å². The van der Waals surface area contributed by atoms with Crippen molar-refractivity contribution in [1.29, 1.82) is 0 Å². The zero-order valence-electron chi connectivity index (χ0n) is 11.5. The second-order valence-electron chi connectivity index (χ2n) is 4.29. The van der Waals surface area contributed by atoms with Gasteiger partial charge in [0.1, 0.15) is 11.5 Å². The molecule has 0 heterocycles. The molecule has 0 radical (unpaired) electrons. The molecule has 0 fully saturated rings. The second-order valence-corrected chi connectivity index (χ2v) is 4.29. The smallest absolute Gasteiger partial charge is 0.126 e. The zero-order valence-corrected chi connectivity index (χ0v) is 11.5. The van der Waals surface area contributed by atoms with Gasteiger partial charge >= 0.3 is 0 Å². The first-order valence-corrected chi connectivity index (χ1v) is 6.20. The Hall–Kier alpha value is -2.22. The molecule has 0 N–H and O–H groups in total. The molecule has 0 unspecified atom stereocenters. The van der Waals surface area contributed by atoms with Crippen molar-refractivity contribution in [3.05, 3.63) is 59.2 Å². The number of benzene rings is 2. The van der Waals surface area contributed by atoms with E-state index in [1.165, 1.54) is 5.56 Å². The summed E-state index contributed by atoms with van der Waals surface area (Å²) >= 11 is 0. The quantitative estimate of drug-likeness (QED) is 0.762. The standard InChI is InChI=1S/C17H18O2/c1-13-16(18-2)11-15(12-17(13)19-3)10-9-14-7-5-4-6-8-14/h4-12H,1-3H3/b10-9+. The minimum Gasteiger partial charge on any atom is -0.496 e. The van der Waals surface area contributed by atoms with Crippen LogP contribution in [0.15, 0.2) is 42.5 Å². The van der Waals surface area contributed by atoms with Gasteiger partial charge in [0.05, 0.1) is 14.2 Å². The highest BCUT2D eigenvalue weighted by atomic mass is 16.5. The van der Waals surface area contributed by atoms with Gasteiger partial charge in [-0.05, 0) is 30.2 Å². The molecular weight excluding hydrogens is 236 g/mol. The minimum absolute atomic E-state index is 0.840. The molecule has 2 aromatic carbocycles. The van der Waals surface area contributed by atoms with Crippen LogP contribution in [0.5, 0.6) is 11.5 Å². The molecule has 0 aromatic heterocycles. The molecule has 0 saturated heterocycles. The third-order valence-electron chi connectivity index (χ3n) is 3.04. The molecule has 2 nitrogen and oxygen atoms in total. The fourth-order valence-corrected chi connectivity index (χ4v) is 1.96. The molecule has 2 rings (SSSR count). The highest BCUT2D eigenvalue weighted by Gasteiger charge is 2.06. The van der Waals surface area contributed by atoms with Crippen molar-refractivity contribution < 1.29 is 9.47 Å². The lowest BCUT2D eigenvalue weighted by Gasteiger charge is -2.10. The van der Waals surface area contributed by atoms with E-state index >= 15 is 0 Å². The van der Waals surface area contributed by atoms with Gasteiger partial charge in [-0.25, -0.2) is 0 Å². The minimum atomic E-state index is 0.840. The summed E-state index contributed by atoms with van der Waals surface area (Å²) in [4.78, 5) is 0. The van der Waals surface area contributed by atoms with Crippen molar-refractivity contribution in [3.8, 4) is 11.5 Å². The molecule has 0 aliphatic carbocycles. The van der Waals surface area contributed by atoms with Crippen molar-refractivity contribution in [1.82, 2.24) is 0 Å². The number of hydrogen-bond acceptors (Lipinski definition) is 2. The SMILES string of the molecule is COc1cc(/C=C/c2ccccc2)cc(OC)c1C. The average molecular weight is 254 g/mol. The third-order valence-corrected chi connectivity index (χ3v) is 3.04. The Morgan fingerprint density at radius 2 is 1.32 bits per heavy atom. The number of rotatable bonds is 4. The van der Waals surface area contributed by atoms with Crippen LogP contribution in [-0.2, 0) is 0 Å². The van der Waals surface area contributed by atoms with Crippen LogP contribution in [0.4, 0.5) is 0 Å². The van der Waals surface area contributed by atoms with Gasteiger partial charge in [-0.15, -0.1) is 0 Å². The van der Waals surface area contributed by atoms with Gasteiger partial charge in [0.15, 0.2) is 0 Å². The second kappa shape index (κ2) is 6.10. The summed E-state index contributed by atoms with van der Waals surface area (Å²) in [5, 5.41) is 0. The van der Waals surface area contributed by atoms with E-state index in [9.17, 15) is 0 Å². The Labute approximate surface area is 114 Å². The molecular formula is C17H18O2. The highest BCUT2D eigenvalue weighted by molar-refractivity contribution is 5.71. The normalized spacial score (nSPS) is 10.7. The van der Waals surface area contributed by atoms with Crippen LogP contribution in [0.3, 0.4) is 0 Å². The maximum atomic E-state index is 5.37. The van der Waals surface area contributed by atoms with E-state index in [0.29, 0.717) is 0 Å². The van der Waals surface area contributed by atoms with Crippen LogP contribution in [0.2, 0.25) is 0 Å². The fourth-order valence-electron chi connectivity index (χ4n) is 1.96. The van der Waals surface area contributed by atoms with Gasteiger partial charge in [0, 0.05) is 5.56 Å². The Kier molecular flexibility index (Phi) is 4.24. The van der Waals surface area contributed by atoms with Crippen LogP contribution >= 0.6 is 0 Å². The molecule has 0 amide bonds. The number of hydrogen-bond donors (Lipinski definition) is 0. The first-order valence-electron chi connectivity index (χ1n) is 6.20. The Morgan fingerprint density at radius 1 is 0.789 bits per heavy atom. The monoisotopic (exact) mass is 254 g/mol. The molecule has 0 aliphatic heterocycles. The molecule has 0 saturated carbocycles. The largest absolute Gasteiger partial charge is 0.496 e. The molecule has 98 valence electrons. The van der Waals surface area contributed by atoms with E-state index in [1.54, 1.807) is 14.2 Å². The molecule has 0 spiro atoms. The van der Waals surface area contributed by atoms with Crippen molar-refractivity contribution in [2.45, 2.75) is 6.92 Å². The summed E-state index contributed by atoms with van der Waals surface area (Å²) in [5.41, 5.74) is 3.24. The molecule has 19 heavy (non-hydrogen) atoms. The summed E-state index contributed by atoms with van der Waals surface area (Å²) in [5.74, 6) is 1.68. The summed E-state index contributed by atoms with van der Waals surface area (Å²) in [6, 6.07) is 14.2. The van der Waals surface area contributed by atoms with E-state index in [2.05, 4.69) is 24.3 Å². The highest BCUT2D eigenvalue weighted by Crippen LogP contribution is 2.30. The van der Waals surface area contributed by atoms with Gasteiger partial charge in [0.2, 0.25) is 0 Å². The van der Waals surface area contributed by atoms with E-state index < -0.39 is 0 Å². The first-order chi connectivity index (χ1) is 9.24. The number of ether oxygens (including phenoxy) is 2. The maximum absolute atomic E-state index is 5.37. The van der Waals surface area contributed by atoms with Crippen molar-refractivity contribution in [2.75, 3.05) is 14.2 Å². The summed E-state index contributed by atoms with van der Waals surface area (Å²) in [6.45, 7) is 1.99. The van der Waals surface area contributed by atoms with Gasteiger partial charge in [-0.1, -0.05) is 42.5 Å². The molecule has 0 aliphatic rings. The molecule has 2 aromatic rings. The number of methoxy groups -OCH3 is 2. The van der Waals surface area contributed by atoms with Gasteiger partial charge in [0.25, 0.3) is 0 Å². The van der Waals surface area contributed by atoms with Gasteiger partial charge < -0.3 is 9.47 Å². The lowest BCUT2D eigenvalue weighted by atomic mass is 10.1. The fraction of sp³-hybridized carbons (Fsp3) is 0.176. The van der Waals surface area contributed by atoms with E-state index in [0.717, 1.165) is 22.6 Å². The maximum Gasteiger partial charge on any atom is 0.126 e. The Bertz CT molecular complexity index is 546. The Morgan fingerprint density at radius 3 is 1.84 bits per heavy atom. The van der Waals surface area contributed by atoms with E-state index in [-0.39, 0.29) is 0 Å². The lowest BCUT2D eigenvalue weighted by molar-refractivity contribution is 0.388. The van der Waals surface area contributed by atoms with Crippen LogP contribution in [0.1, 0.15) is 16.7 Å². The summed E-state index contributed by atoms with van der Waals surface area (Å²) < 4.78 is 10.7. The summed E-state index contributed by atoms with van der Waals surface area (Å²) in [7, 11) is 3.35. The molecule has 0 bridgehead atoms. The van der Waals surface area contributed by atoms with Crippen LogP contribution < -0.4 is 9.47 Å². The predicted octanol–water partition coefficient (Wildman–Crippen LogP) is 4.18. The topological polar surface area (TPSA) is 18.5 Å². The zero-order chi connectivity index (χ0) is 13.7. The summed E-state index contributed by atoms with van der Waals surface area (Å²) in [6.07, 6.45) is 4.13. The van der Waals surface area contributed by atoms with Gasteiger partial charge in [-0.2, -0.15) is 0 Å². The van der Waals surface area contributed by atoms with Crippen LogP contribution in [0, 0.1) is 6.92 Å². The first kappa shape index (κ1) is 13.2. The van der Waals surface area contributed by atoms with Crippen molar-refractivity contribution >= 4 is 12.2 Å².